The second-order valence-corrected chi connectivity index (χ2v) is 5.48. The van der Waals surface area contributed by atoms with Gasteiger partial charge in [-0.3, -0.25) is 4.79 Å². The Morgan fingerprint density at radius 3 is 2.86 bits per heavy atom. The number of fused-ring (bicyclic) bond motifs is 1. The number of rotatable bonds is 4. The molecule has 0 saturated carbocycles. The summed E-state index contributed by atoms with van der Waals surface area (Å²) in [6.07, 6.45) is 0.698. The van der Waals surface area contributed by atoms with Gasteiger partial charge in [-0.05, 0) is 12.0 Å². The number of ether oxygens (including phenoxy) is 1. The van der Waals surface area contributed by atoms with E-state index < -0.39 is 5.92 Å². The number of amides is 1. The highest BCUT2D eigenvalue weighted by atomic mass is 16.5. The monoisotopic (exact) mass is 291 g/mol. The van der Waals surface area contributed by atoms with Crippen molar-refractivity contribution in [1.82, 2.24) is 5.32 Å². The molecule has 0 fully saturated rings. The molecule has 0 spiro atoms. The highest BCUT2D eigenvalue weighted by molar-refractivity contribution is 6.02. The lowest BCUT2D eigenvalue weighted by atomic mass is 9.92. The van der Waals surface area contributed by atoms with Crippen LogP contribution in [0, 0.1) is 11.8 Å². The molecule has 6 heteroatoms. The summed E-state index contributed by atoms with van der Waals surface area (Å²) in [5.41, 5.74) is 6.59. The molecule has 114 valence electrons. The third-order valence-corrected chi connectivity index (χ3v) is 3.66. The fourth-order valence-corrected chi connectivity index (χ4v) is 2.59. The molecule has 0 aliphatic carbocycles. The predicted octanol–water partition coefficient (Wildman–Crippen LogP) is 1.64. The van der Waals surface area contributed by atoms with Crippen LogP contribution in [0.1, 0.15) is 31.9 Å². The van der Waals surface area contributed by atoms with Crippen molar-refractivity contribution in [2.45, 2.75) is 26.3 Å². The Hall–Kier alpha value is -2.24. The Labute approximate surface area is 124 Å². The lowest BCUT2D eigenvalue weighted by Crippen LogP contribution is -2.44. The molecule has 0 saturated heterocycles. The first kappa shape index (κ1) is 15.2. The molecule has 4 N–H and O–H groups in total. The molecule has 6 nitrogen and oxygen atoms in total. The molecule has 1 heterocycles. The molecule has 1 amide bonds. The van der Waals surface area contributed by atoms with Gasteiger partial charge in [0.05, 0.1) is 12.6 Å². The van der Waals surface area contributed by atoms with E-state index in [1.165, 1.54) is 0 Å². The van der Waals surface area contributed by atoms with Crippen molar-refractivity contribution in [3.63, 3.8) is 0 Å². The van der Waals surface area contributed by atoms with E-state index in [1.54, 1.807) is 0 Å². The van der Waals surface area contributed by atoms with Crippen LogP contribution in [-0.2, 0) is 4.79 Å². The summed E-state index contributed by atoms with van der Waals surface area (Å²) in [4.78, 5) is 12.4. The van der Waals surface area contributed by atoms with E-state index in [0.29, 0.717) is 13.0 Å². The lowest BCUT2D eigenvalue weighted by molar-refractivity contribution is -0.125. The number of nitrogens with one attached hydrogen (secondary N) is 1. The first-order chi connectivity index (χ1) is 10.0. The maximum absolute atomic E-state index is 12.4. The predicted molar refractivity (Wildman–Crippen MR) is 79.2 cm³/mol. The van der Waals surface area contributed by atoms with Crippen LogP contribution in [0.25, 0.3) is 0 Å². The second kappa shape index (κ2) is 6.47. The van der Waals surface area contributed by atoms with Crippen LogP contribution in [0.15, 0.2) is 29.4 Å². The van der Waals surface area contributed by atoms with E-state index >= 15 is 0 Å². The molecule has 1 aliphatic rings. The quantitative estimate of drug-likeness (QED) is 0.340. The van der Waals surface area contributed by atoms with E-state index in [-0.39, 0.29) is 23.7 Å². The number of benzene rings is 1. The van der Waals surface area contributed by atoms with Crippen molar-refractivity contribution in [3.05, 3.63) is 29.8 Å². The number of hydrogen-bond acceptors (Lipinski definition) is 4. The van der Waals surface area contributed by atoms with Crippen molar-refractivity contribution in [2.75, 3.05) is 6.61 Å². The summed E-state index contributed by atoms with van der Waals surface area (Å²) < 4.78 is 5.57. The Morgan fingerprint density at radius 2 is 2.19 bits per heavy atom. The zero-order chi connectivity index (χ0) is 15.4. The SMILES string of the molecule is CC(C)C(C(=O)NC1CCOc2ccccc21)C(N)=NO. The molecule has 2 atom stereocenters. The summed E-state index contributed by atoms with van der Waals surface area (Å²) >= 11 is 0. The highest BCUT2D eigenvalue weighted by Crippen LogP contribution is 2.31. The third-order valence-electron chi connectivity index (χ3n) is 3.66. The second-order valence-electron chi connectivity index (χ2n) is 5.48. The van der Waals surface area contributed by atoms with E-state index in [9.17, 15) is 4.79 Å². The normalized spacial score (nSPS) is 19.6. The minimum absolute atomic E-state index is 0.0593. The standard InChI is InChI=1S/C15H21N3O3/c1-9(2)13(14(16)18-20)15(19)17-11-7-8-21-12-6-4-3-5-10(11)12/h3-6,9,11,13,20H,7-8H2,1-2H3,(H2,16,18)(H,17,19). The maximum atomic E-state index is 12.4. The van der Waals surface area contributed by atoms with Crippen molar-refractivity contribution in [2.24, 2.45) is 22.7 Å². The number of nitrogens with zero attached hydrogens (tertiary/aromatic N) is 1. The van der Waals surface area contributed by atoms with Crippen molar-refractivity contribution in [3.8, 4) is 5.75 Å². The summed E-state index contributed by atoms with van der Waals surface area (Å²) in [7, 11) is 0. The number of carbonyl (C=O) groups is 1. The maximum Gasteiger partial charge on any atom is 0.231 e. The Morgan fingerprint density at radius 1 is 1.48 bits per heavy atom. The van der Waals surface area contributed by atoms with E-state index in [0.717, 1.165) is 11.3 Å². The Kier molecular flexibility index (Phi) is 4.67. The Bertz CT molecular complexity index is 543. The average Bonchev–Trinajstić information content (AvgIpc) is 2.47. The van der Waals surface area contributed by atoms with Gasteiger partial charge in [-0.25, -0.2) is 0 Å². The average molecular weight is 291 g/mol. The van der Waals surface area contributed by atoms with Crippen LogP contribution in [-0.4, -0.2) is 23.6 Å². The minimum atomic E-state index is -0.648. The van der Waals surface area contributed by atoms with Crippen LogP contribution in [0.2, 0.25) is 0 Å². The van der Waals surface area contributed by atoms with Crippen LogP contribution >= 0.6 is 0 Å². The fourth-order valence-electron chi connectivity index (χ4n) is 2.59. The molecular formula is C15H21N3O3. The van der Waals surface area contributed by atoms with Gasteiger partial charge in [0, 0.05) is 12.0 Å². The first-order valence-electron chi connectivity index (χ1n) is 7.04. The molecule has 0 radical (unpaired) electrons. The van der Waals surface area contributed by atoms with E-state index in [2.05, 4.69) is 10.5 Å². The largest absolute Gasteiger partial charge is 0.493 e. The summed E-state index contributed by atoms with van der Waals surface area (Å²) in [5, 5.41) is 14.8. The van der Waals surface area contributed by atoms with Gasteiger partial charge in [-0.1, -0.05) is 37.2 Å². The van der Waals surface area contributed by atoms with Crippen molar-refractivity contribution in [1.29, 1.82) is 0 Å². The molecule has 2 rings (SSSR count). The number of carbonyl (C=O) groups excluding carboxylic acids is 1. The fraction of sp³-hybridized carbons (Fsp3) is 0.467. The van der Waals surface area contributed by atoms with Gasteiger partial charge in [-0.2, -0.15) is 0 Å². The van der Waals surface area contributed by atoms with Crippen LogP contribution in [0.3, 0.4) is 0 Å². The summed E-state index contributed by atoms with van der Waals surface area (Å²) in [6, 6.07) is 7.52. The van der Waals surface area contributed by atoms with Crippen LogP contribution < -0.4 is 15.8 Å². The first-order valence-corrected chi connectivity index (χ1v) is 7.04. The van der Waals surface area contributed by atoms with Gasteiger partial charge in [0.25, 0.3) is 0 Å². The third kappa shape index (κ3) is 3.26. The number of hydrogen-bond donors (Lipinski definition) is 3. The molecule has 1 aromatic carbocycles. The van der Waals surface area contributed by atoms with E-state index in [4.69, 9.17) is 15.7 Å². The molecule has 2 unspecified atom stereocenters. The zero-order valence-corrected chi connectivity index (χ0v) is 12.2. The van der Waals surface area contributed by atoms with Crippen LogP contribution in [0.5, 0.6) is 5.75 Å². The lowest BCUT2D eigenvalue weighted by Gasteiger charge is -2.28. The smallest absolute Gasteiger partial charge is 0.231 e. The molecule has 21 heavy (non-hydrogen) atoms. The highest BCUT2D eigenvalue weighted by Gasteiger charge is 2.30. The van der Waals surface area contributed by atoms with Gasteiger partial charge in [0.15, 0.2) is 5.84 Å². The topological polar surface area (TPSA) is 96.9 Å². The van der Waals surface area contributed by atoms with Gasteiger partial charge in [0.1, 0.15) is 11.7 Å². The number of oxime groups is 1. The number of amidine groups is 1. The van der Waals surface area contributed by atoms with Gasteiger partial charge < -0.3 is 21.0 Å². The van der Waals surface area contributed by atoms with Gasteiger partial charge in [0.2, 0.25) is 5.91 Å². The number of nitrogens with two attached hydrogens (primary N) is 1. The summed E-state index contributed by atoms with van der Waals surface area (Å²) in [5.74, 6) is -0.218. The zero-order valence-electron chi connectivity index (χ0n) is 12.2. The van der Waals surface area contributed by atoms with Crippen molar-refractivity contribution < 1.29 is 14.7 Å². The summed E-state index contributed by atoms with van der Waals surface area (Å²) in [6.45, 7) is 4.28. The Balaban J connectivity index is 2.17. The number of para-hydroxylation sites is 1. The van der Waals surface area contributed by atoms with E-state index in [1.807, 2.05) is 38.1 Å². The molecule has 0 aromatic heterocycles. The minimum Gasteiger partial charge on any atom is -0.493 e. The van der Waals surface area contributed by atoms with Gasteiger partial charge in [-0.15, -0.1) is 0 Å². The van der Waals surface area contributed by atoms with Crippen molar-refractivity contribution >= 4 is 11.7 Å². The molecule has 1 aromatic rings. The molecule has 1 aliphatic heterocycles. The molecular weight excluding hydrogens is 270 g/mol. The molecule has 0 bridgehead atoms. The van der Waals surface area contributed by atoms with Gasteiger partial charge >= 0.3 is 0 Å². The van der Waals surface area contributed by atoms with Crippen LogP contribution in [0.4, 0.5) is 0 Å².